The minimum absolute atomic E-state index is 0.194. The molecule has 0 fully saturated rings. The van der Waals surface area contributed by atoms with Crippen molar-refractivity contribution in [1.29, 1.82) is 0 Å². The van der Waals surface area contributed by atoms with Crippen LogP contribution in [0.3, 0.4) is 0 Å². The lowest BCUT2D eigenvalue weighted by Crippen LogP contribution is -2.34. The Bertz CT molecular complexity index is 414. The lowest BCUT2D eigenvalue weighted by Gasteiger charge is -2.16. The van der Waals surface area contributed by atoms with Crippen LogP contribution in [0.25, 0.3) is 0 Å². The highest BCUT2D eigenvalue weighted by atomic mass is 32.1. The van der Waals surface area contributed by atoms with Gasteiger partial charge in [0.1, 0.15) is 0 Å². The molecular weight excluding hydrogens is 238 g/mol. The number of hydrogen-bond acceptors (Lipinski definition) is 4. The molecule has 1 unspecified atom stereocenters. The first-order chi connectivity index (χ1) is 8.15. The van der Waals surface area contributed by atoms with Gasteiger partial charge in [0.15, 0.2) is 0 Å². The Morgan fingerprint density at radius 2 is 2.18 bits per heavy atom. The number of nitrogens with zero attached hydrogens (tertiary/aromatic N) is 1. The Morgan fingerprint density at radius 1 is 1.41 bits per heavy atom. The van der Waals surface area contributed by atoms with Gasteiger partial charge in [-0.2, -0.15) is 12.6 Å². The number of thiol groups is 1. The van der Waals surface area contributed by atoms with E-state index in [1.54, 1.807) is 6.08 Å². The second-order valence-corrected chi connectivity index (χ2v) is 4.59. The fourth-order valence-corrected chi connectivity index (χ4v) is 2.24. The summed E-state index contributed by atoms with van der Waals surface area (Å²) in [6, 6.07) is 0. The van der Waals surface area contributed by atoms with Gasteiger partial charge >= 0.3 is 0 Å². The molecule has 0 saturated heterocycles. The third-order valence-corrected chi connectivity index (χ3v) is 3.47. The van der Waals surface area contributed by atoms with Crippen LogP contribution in [0.5, 0.6) is 0 Å². The predicted octanol–water partition coefficient (Wildman–Crippen LogP) is 0.683. The van der Waals surface area contributed by atoms with E-state index in [9.17, 15) is 14.7 Å². The summed E-state index contributed by atoms with van der Waals surface area (Å²) in [6.45, 7) is 0.264. The molecule has 4 nitrogen and oxygen atoms in total. The number of imide groups is 1. The summed E-state index contributed by atoms with van der Waals surface area (Å²) in [6.07, 6.45) is 4.90. The van der Waals surface area contributed by atoms with Crippen LogP contribution in [-0.4, -0.2) is 40.2 Å². The minimum atomic E-state index is -0.577. The van der Waals surface area contributed by atoms with Crippen LogP contribution in [-0.2, 0) is 9.59 Å². The van der Waals surface area contributed by atoms with E-state index >= 15 is 0 Å². The zero-order valence-electron chi connectivity index (χ0n) is 9.43. The number of hydrogen-bond donors (Lipinski definition) is 2. The van der Waals surface area contributed by atoms with Gasteiger partial charge in [0, 0.05) is 23.4 Å². The van der Waals surface area contributed by atoms with Crippen molar-refractivity contribution in [3.63, 3.8) is 0 Å². The van der Waals surface area contributed by atoms with Gasteiger partial charge in [-0.15, -0.1) is 0 Å². The molecule has 5 heteroatoms. The van der Waals surface area contributed by atoms with E-state index in [1.165, 1.54) is 4.90 Å². The van der Waals surface area contributed by atoms with Crippen LogP contribution < -0.4 is 0 Å². The number of aliphatic hydroxyl groups is 1. The molecule has 92 valence electrons. The van der Waals surface area contributed by atoms with Crippen molar-refractivity contribution in [3.8, 4) is 0 Å². The van der Waals surface area contributed by atoms with Crippen molar-refractivity contribution in [3.05, 3.63) is 23.3 Å². The van der Waals surface area contributed by atoms with E-state index in [0.717, 1.165) is 6.42 Å². The quantitative estimate of drug-likeness (QED) is 0.572. The average molecular weight is 253 g/mol. The van der Waals surface area contributed by atoms with Crippen LogP contribution in [0, 0.1) is 0 Å². The van der Waals surface area contributed by atoms with Gasteiger partial charge in [-0.3, -0.25) is 14.5 Å². The molecule has 1 heterocycles. The first kappa shape index (κ1) is 12.4. The van der Waals surface area contributed by atoms with Crippen molar-refractivity contribution in [2.45, 2.75) is 25.4 Å². The van der Waals surface area contributed by atoms with Gasteiger partial charge in [0.2, 0.25) is 0 Å². The number of aliphatic hydroxyl groups excluding tert-OH is 1. The average Bonchev–Trinajstić information content (AvgIpc) is 2.60. The maximum Gasteiger partial charge on any atom is 0.261 e. The molecule has 0 bridgehead atoms. The SMILES string of the molecule is O=C1C2=C(CCC=C2)C(=O)N1CCC(O)CS. The second kappa shape index (κ2) is 5.06. The third kappa shape index (κ3) is 2.30. The maximum atomic E-state index is 12.0. The van der Waals surface area contributed by atoms with Crippen molar-refractivity contribution in [1.82, 2.24) is 4.90 Å². The van der Waals surface area contributed by atoms with Crippen LogP contribution in [0.15, 0.2) is 23.3 Å². The molecule has 2 rings (SSSR count). The fraction of sp³-hybridized carbons (Fsp3) is 0.500. The Hall–Kier alpha value is -1.07. The topological polar surface area (TPSA) is 57.6 Å². The molecule has 17 heavy (non-hydrogen) atoms. The number of carbonyl (C=O) groups is 2. The molecule has 0 radical (unpaired) electrons. The Labute approximate surface area is 105 Å². The second-order valence-electron chi connectivity index (χ2n) is 4.22. The molecule has 0 spiro atoms. The first-order valence-electron chi connectivity index (χ1n) is 5.70. The van der Waals surface area contributed by atoms with Crippen molar-refractivity contribution < 1.29 is 14.7 Å². The molecular formula is C12H15NO3S. The van der Waals surface area contributed by atoms with E-state index in [-0.39, 0.29) is 18.4 Å². The molecule has 0 saturated carbocycles. The van der Waals surface area contributed by atoms with Gasteiger partial charge in [-0.05, 0) is 19.3 Å². The maximum absolute atomic E-state index is 12.0. The lowest BCUT2D eigenvalue weighted by atomic mass is 10.00. The lowest BCUT2D eigenvalue weighted by molar-refractivity contribution is -0.137. The van der Waals surface area contributed by atoms with Gasteiger partial charge in [0.05, 0.1) is 6.10 Å². The normalized spacial score (nSPS) is 21.2. The third-order valence-electron chi connectivity index (χ3n) is 3.05. The Kier molecular flexibility index (Phi) is 3.69. The highest BCUT2D eigenvalue weighted by molar-refractivity contribution is 7.80. The molecule has 0 aromatic carbocycles. The monoisotopic (exact) mass is 253 g/mol. The van der Waals surface area contributed by atoms with Gasteiger partial charge in [-0.25, -0.2) is 0 Å². The van der Waals surface area contributed by atoms with Gasteiger partial charge < -0.3 is 5.11 Å². The van der Waals surface area contributed by atoms with Crippen LogP contribution in [0.4, 0.5) is 0 Å². The van der Waals surface area contributed by atoms with Gasteiger partial charge in [0.25, 0.3) is 11.8 Å². The van der Waals surface area contributed by atoms with Crippen LogP contribution in [0.2, 0.25) is 0 Å². The smallest absolute Gasteiger partial charge is 0.261 e. The number of amides is 2. The first-order valence-corrected chi connectivity index (χ1v) is 6.33. The molecule has 2 amide bonds. The molecule has 2 aliphatic rings. The molecule has 1 aliphatic heterocycles. The fourth-order valence-electron chi connectivity index (χ4n) is 2.06. The highest BCUT2D eigenvalue weighted by Gasteiger charge is 2.37. The highest BCUT2D eigenvalue weighted by Crippen LogP contribution is 2.29. The zero-order chi connectivity index (χ0) is 12.4. The molecule has 1 aliphatic carbocycles. The summed E-state index contributed by atoms with van der Waals surface area (Å²) in [5.74, 6) is -0.0865. The van der Waals surface area contributed by atoms with Crippen LogP contribution >= 0.6 is 12.6 Å². The molecule has 1 N–H and O–H groups in total. The summed E-state index contributed by atoms with van der Waals surface area (Å²) >= 11 is 3.96. The van der Waals surface area contributed by atoms with E-state index in [0.29, 0.717) is 29.7 Å². The Morgan fingerprint density at radius 3 is 2.82 bits per heavy atom. The zero-order valence-corrected chi connectivity index (χ0v) is 10.3. The summed E-state index contributed by atoms with van der Waals surface area (Å²) < 4.78 is 0. The minimum Gasteiger partial charge on any atom is -0.392 e. The van der Waals surface area contributed by atoms with Gasteiger partial charge in [-0.1, -0.05) is 12.2 Å². The molecule has 0 aromatic heterocycles. The number of rotatable bonds is 4. The Balaban J connectivity index is 2.06. The van der Waals surface area contributed by atoms with Crippen molar-refractivity contribution in [2.24, 2.45) is 0 Å². The largest absolute Gasteiger partial charge is 0.392 e. The van der Waals surface area contributed by atoms with E-state index < -0.39 is 6.10 Å². The van der Waals surface area contributed by atoms with Crippen molar-refractivity contribution >= 4 is 24.4 Å². The summed E-state index contributed by atoms with van der Waals surface area (Å²) in [5.41, 5.74) is 1.15. The van der Waals surface area contributed by atoms with E-state index in [2.05, 4.69) is 12.6 Å². The summed E-state index contributed by atoms with van der Waals surface area (Å²) in [4.78, 5) is 25.1. The van der Waals surface area contributed by atoms with Crippen molar-refractivity contribution in [2.75, 3.05) is 12.3 Å². The number of carbonyl (C=O) groups excluding carboxylic acids is 2. The standard InChI is InChI=1S/C12H15NO3S/c14-8(7-17)5-6-13-11(15)9-3-1-2-4-10(9)12(13)16/h1,3,8,14,17H,2,4-7H2. The molecule has 0 aromatic rings. The van der Waals surface area contributed by atoms with E-state index in [4.69, 9.17) is 0 Å². The summed E-state index contributed by atoms with van der Waals surface area (Å²) in [7, 11) is 0. The summed E-state index contributed by atoms with van der Waals surface area (Å²) in [5, 5.41) is 9.40. The predicted molar refractivity (Wildman–Crippen MR) is 66.6 cm³/mol. The molecule has 1 atom stereocenters. The van der Waals surface area contributed by atoms with Crippen LogP contribution in [0.1, 0.15) is 19.3 Å². The van der Waals surface area contributed by atoms with E-state index in [1.807, 2.05) is 6.08 Å². The number of allylic oxidation sites excluding steroid dienone is 1.